The largest absolute Gasteiger partial charge is 0.480 e. The zero-order chi connectivity index (χ0) is 19.7. The summed E-state index contributed by atoms with van der Waals surface area (Å²) in [4.78, 5) is 46.3. The summed E-state index contributed by atoms with van der Waals surface area (Å²) >= 11 is 0. The second kappa shape index (κ2) is 10.6. The normalized spacial score (nSPS) is 16.7. The summed E-state index contributed by atoms with van der Waals surface area (Å²) in [7, 11) is 0. The molecule has 12 nitrogen and oxygen atoms in total. The van der Waals surface area contributed by atoms with Crippen molar-refractivity contribution in [1.29, 1.82) is 0 Å². The summed E-state index contributed by atoms with van der Waals surface area (Å²) in [5, 5.41) is 42.6. The fourth-order valence-electron chi connectivity index (χ4n) is 1.60. The van der Waals surface area contributed by atoms with Gasteiger partial charge in [0.2, 0.25) is 17.7 Å². The Morgan fingerprint density at radius 3 is 1.72 bits per heavy atom. The maximum atomic E-state index is 12.1. The molecule has 5 atom stereocenters. The molecule has 0 spiro atoms. The summed E-state index contributed by atoms with van der Waals surface area (Å²) in [6.07, 6.45) is -1.34. The molecule has 0 aromatic rings. The van der Waals surface area contributed by atoms with E-state index in [1.165, 1.54) is 13.8 Å². The van der Waals surface area contributed by atoms with Gasteiger partial charge in [-0.25, -0.2) is 4.79 Å². The predicted molar refractivity (Wildman–Crippen MR) is 82.9 cm³/mol. The van der Waals surface area contributed by atoms with Gasteiger partial charge in [0.1, 0.15) is 18.1 Å². The van der Waals surface area contributed by atoms with Gasteiger partial charge in [0.05, 0.1) is 25.4 Å². The third-order valence-corrected chi connectivity index (χ3v) is 3.09. The molecule has 0 bridgehead atoms. The first-order valence-electron chi connectivity index (χ1n) is 7.34. The smallest absolute Gasteiger partial charge is 0.328 e. The number of carbonyl (C=O) groups excluding carboxylic acids is 3. The van der Waals surface area contributed by atoms with Crippen molar-refractivity contribution in [3.05, 3.63) is 0 Å². The maximum Gasteiger partial charge on any atom is 0.328 e. The minimum absolute atomic E-state index is 0.725. The minimum atomic E-state index is -1.62. The Labute approximate surface area is 143 Å². The molecule has 0 radical (unpaired) electrons. The summed E-state index contributed by atoms with van der Waals surface area (Å²) in [6, 6.07) is -5.58. The number of aliphatic carboxylic acids is 1. The summed E-state index contributed by atoms with van der Waals surface area (Å²) < 4.78 is 0. The van der Waals surface area contributed by atoms with Crippen molar-refractivity contribution in [2.45, 2.75) is 44.1 Å². The molecule has 144 valence electrons. The molecule has 0 rings (SSSR count). The van der Waals surface area contributed by atoms with Crippen LogP contribution in [0, 0.1) is 0 Å². The third kappa shape index (κ3) is 7.43. The molecule has 0 fully saturated rings. The fourth-order valence-corrected chi connectivity index (χ4v) is 1.60. The molecule has 3 amide bonds. The molecule has 0 aliphatic carbocycles. The van der Waals surface area contributed by atoms with E-state index in [0.717, 1.165) is 0 Å². The topological polar surface area (TPSA) is 211 Å². The number of rotatable bonds is 10. The van der Waals surface area contributed by atoms with Crippen LogP contribution in [0.5, 0.6) is 0 Å². The van der Waals surface area contributed by atoms with Crippen LogP contribution in [0.25, 0.3) is 0 Å². The number of amides is 3. The van der Waals surface area contributed by atoms with Gasteiger partial charge >= 0.3 is 5.97 Å². The number of hydrogen-bond donors (Lipinski definition) is 8. The highest BCUT2D eigenvalue weighted by molar-refractivity contribution is 5.94. The van der Waals surface area contributed by atoms with Crippen LogP contribution >= 0.6 is 0 Å². The van der Waals surface area contributed by atoms with E-state index in [-0.39, 0.29) is 0 Å². The molecule has 0 aliphatic rings. The Balaban J connectivity index is 5.01. The van der Waals surface area contributed by atoms with Crippen LogP contribution < -0.4 is 21.7 Å². The Kier molecular flexibility index (Phi) is 9.59. The molecule has 9 N–H and O–H groups in total. The molecule has 5 unspecified atom stereocenters. The number of carboxylic acid groups (broad SMARTS) is 1. The predicted octanol–water partition coefficient (Wildman–Crippen LogP) is -4.76. The van der Waals surface area contributed by atoms with Crippen molar-refractivity contribution in [2.75, 3.05) is 13.2 Å². The van der Waals surface area contributed by atoms with Gasteiger partial charge in [-0.2, -0.15) is 0 Å². The zero-order valence-electron chi connectivity index (χ0n) is 13.8. The lowest BCUT2D eigenvalue weighted by Crippen LogP contribution is -2.60. The molecular weight excluding hydrogens is 340 g/mol. The first-order chi connectivity index (χ1) is 11.5. The number of aliphatic hydroxyl groups is 3. The first kappa shape index (κ1) is 22.7. The highest BCUT2D eigenvalue weighted by atomic mass is 16.4. The molecule has 0 heterocycles. The van der Waals surface area contributed by atoms with Crippen molar-refractivity contribution < 1.29 is 39.6 Å². The second-order valence-corrected chi connectivity index (χ2v) is 5.34. The van der Waals surface area contributed by atoms with E-state index in [4.69, 9.17) is 15.9 Å². The highest BCUT2D eigenvalue weighted by Gasteiger charge is 2.31. The second-order valence-electron chi connectivity index (χ2n) is 5.34. The maximum absolute atomic E-state index is 12.1. The number of carboxylic acids is 1. The molecule has 0 saturated heterocycles. The Morgan fingerprint density at radius 1 is 0.880 bits per heavy atom. The monoisotopic (exact) mass is 364 g/mol. The lowest BCUT2D eigenvalue weighted by Gasteiger charge is -2.25. The summed E-state index contributed by atoms with van der Waals surface area (Å²) in [6.45, 7) is 0.792. The quantitative estimate of drug-likeness (QED) is 0.187. The van der Waals surface area contributed by atoms with E-state index in [2.05, 4.69) is 10.6 Å². The van der Waals surface area contributed by atoms with Crippen molar-refractivity contribution in [3.8, 4) is 0 Å². The lowest BCUT2D eigenvalue weighted by atomic mass is 10.1. The van der Waals surface area contributed by atoms with Gasteiger partial charge in [-0.3, -0.25) is 14.4 Å². The molecule has 0 aromatic carbocycles. The molecule has 0 aromatic heterocycles. The van der Waals surface area contributed by atoms with Crippen LogP contribution in [0.1, 0.15) is 13.8 Å². The number of carbonyl (C=O) groups is 4. The average Bonchev–Trinajstić information content (AvgIpc) is 2.53. The summed E-state index contributed by atoms with van der Waals surface area (Å²) in [5.74, 6) is -4.29. The molecular formula is C13H24N4O8. The summed E-state index contributed by atoms with van der Waals surface area (Å²) in [5.41, 5.74) is 5.35. The number of nitrogens with two attached hydrogens (primary N) is 1. The third-order valence-electron chi connectivity index (χ3n) is 3.09. The average molecular weight is 364 g/mol. The van der Waals surface area contributed by atoms with Gasteiger partial charge in [-0.15, -0.1) is 0 Å². The van der Waals surface area contributed by atoms with Gasteiger partial charge in [0, 0.05) is 0 Å². The van der Waals surface area contributed by atoms with Crippen LogP contribution in [0.2, 0.25) is 0 Å². The minimum Gasteiger partial charge on any atom is -0.480 e. The standard InChI is InChI=1S/C13H24N4O8/c1-5(14)10(21)17-9(6(2)20)12(23)15-7(3-18)11(22)16-8(4-19)13(24)25/h5-9,18-20H,3-4,14H2,1-2H3,(H,15,23)(H,16,22)(H,17,21)(H,24,25). The number of aliphatic hydroxyl groups excluding tert-OH is 3. The van der Waals surface area contributed by atoms with E-state index >= 15 is 0 Å². The van der Waals surface area contributed by atoms with Crippen molar-refractivity contribution in [2.24, 2.45) is 5.73 Å². The van der Waals surface area contributed by atoms with Crippen molar-refractivity contribution >= 4 is 23.7 Å². The zero-order valence-corrected chi connectivity index (χ0v) is 13.8. The van der Waals surface area contributed by atoms with Crippen LogP contribution in [0.3, 0.4) is 0 Å². The fraction of sp³-hybridized carbons (Fsp3) is 0.692. The van der Waals surface area contributed by atoms with Gasteiger partial charge in [0.25, 0.3) is 0 Å². The van der Waals surface area contributed by atoms with E-state index < -0.39 is 67.2 Å². The van der Waals surface area contributed by atoms with Crippen LogP contribution in [0.15, 0.2) is 0 Å². The Hall–Kier alpha value is -2.28. The van der Waals surface area contributed by atoms with Gasteiger partial charge in [-0.05, 0) is 13.8 Å². The van der Waals surface area contributed by atoms with E-state index in [0.29, 0.717) is 0 Å². The van der Waals surface area contributed by atoms with Crippen LogP contribution in [-0.4, -0.2) is 87.6 Å². The number of nitrogens with one attached hydrogen (secondary N) is 3. The van der Waals surface area contributed by atoms with E-state index in [9.17, 15) is 29.4 Å². The SMILES string of the molecule is CC(N)C(=O)NC(C(=O)NC(CO)C(=O)NC(CO)C(=O)O)C(C)O. The van der Waals surface area contributed by atoms with E-state index in [1.54, 1.807) is 0 Å². The first-order valence-corrected chi connectivity index (χ1v) is 7.34. The van der Waals surface area contributed by atoms with Gasteiger partial charge in [-0.1, -0.05) is 0 Å². The van der Waals surface area contributed by atoms with Crippen LogP contribution in [0.4, 0.5) is 0 Å². The highest BCUT2D eigenvalue weighted by Crippen LogP contribution is 1.97. The van der Waals surface area contributed by atoms with Crippen molar-refractivity contribution in [3.63, 3.8) is 0 Å². The molecule has 0 aliphatic heterocycles. The Morgan fingerprint density at radius 2 is 1.36 bits per heavy atom. The van der Waals surface area contributed by atoms with Gasteiger partial charge < -0.3 is 42.1 Å². The Bertz CT molecular complexity index is 496. The molecule has 12 heteroatoms. The lowest BCUT2D eigenvalue weighted by molar-refractivity contribution is -0.143. The number of hydrogen-bond acceptors (Lipinski definition) is 8. The van der Waals surface area contributed by atoms with Crippen molar-refractivity contribution in [1.82, 2.24) is 16.0 Å². The van der Waals surface area contributed by atoms with Crippen LogP contribution in [-0.2, 0) is 19.2 Å². The van der Waals surface area contributed by atoms with Gasteiger partial charge in [0.15, 0.2) is 0 Å². The molecule has 25 heavy (non-hydrogen) atoms. The van der Waals surface area contributed by atoms with E-state index in [1.807, 2.05) is 5.32 Å². The molecule has 0 saturated carbocycles.